The van der Waals surface area contributed by atoms with Crippen LogP contribution < -0.4 is 5.32 Å². The van der Waals surface area contributed by atoms with Crippen molar-refractivity contribution in [2.45, 2.75) is 111 Å². The molecule has 0 aliphatic carbocycles. The Labute approximate surface area is 245 Å². The first-order chi connectivity index (χ1) is 20.2. The minimum atomic E-state index is -2.95. The number of ether oxygens (including phenoxy) is 6. The van der Waals surface area contributed by atoms with Gasteiger partial charge in [0.2, 0.25) is 5.91 Å². The van der Waals surface area contributed by atoms with Crippen LogP contribution in [-0.4, -0.2) is 181 Å². The third-order valence-corrected chi connectivity index (χ3v) is 7.60. The Balaban J connectivity index is 1.92. The van der Waals surface area contributed by atoms with Gasteiger partial charge in [-0.1, -0.05) is 0 Å². The number of carbonyl (C=O) groups excluding carboxylic acids is 1. The van der Waals surface area contributed by atoms with Gasteiger partial charge in [0.1, 0.15) is 54.9 Å². The second-order valence-corrected chi connectivity index (χ2v) is 10.6. The lowest BCUT2D eigenvalue weighted by Gasteiger charge is -2.50. The van der Waals surface area contributed by atoms with E-state index >= 15 is 0 Å². The number of methoxy groups -OCH3 is 1. The fraction of sp³-hybridized carbons (Fsp3) is 0.917. The van der Waals surface area contributed by atoms with Gasteiger partial charge in [-0.25, -0.2) is 4.79 Å². The molecular weight excluding hydrogens is 590 g/mol. The van der Waals surface area contributed by atoms with Crippen molar-refractivity contribution in [2.75, 3.05) is 26.9 Å². The van der Waals surface area contributed by atoms with Gasteiger partial charge >= 0.3 is 5.97 Å². The number of amides is 1. The number of rotatable bonds is 12. The van der Waals surface area contributed by atoms with Gasteiger partial charge in [0.15, 0.2) is 12.6 Å². The zero-order valence-corrected chi connectivity index (χ0v) is 23.4. The normalized spacial score (nSPS) is 43.5. The minimum Gasteiger partial charge on any atom is -0.477 e. The number of hydrogen-bond acceptors (Lipinski definition) is 17. The first-order valence-electron chi connectivity index (χ1n) is 13.5. The summed E-state index contributed by atoms with van der Waals surface area (Å²) in [7, 11) is 1.30. The zero-order valence-electron chi connectivity index (χ0n) is 23.4. The molecule has 3 aliphatic heterocycles. The Morgan fingerprint density at radius 1 is 1.00 bits per heavy atom. The van der Waals surface area contributed by atoms with Crippen LogP contribution in [0.5, 0.6) is 0 Å². The zero-order chi connectivity index (χ0) is 32.2. The lowest BCUT2D eigenvalue weighted by atomic mass is 9.88. The van der Waals surface area contributed by atoms with E-state index in [4.69, 9.17) is 28.4 Å². The van der Waals surface area contributed by atoms with E-state index in [1.807, 2.05) is 0 Å². The molecule has 3 heterocycles. The largest absolute Gasteiger partial charge is 0.477 e. The Morgan fingerprint density at radius 2 is 1.63 bits per heavy atom. The molecule has 3 fully saturated rings. The summed E-state index contributed by atoms with van der Waals surface area (Å²) in [4.78, 5) is 24.3. The van der Waals surface area contributed by atoms with Crippen molar-refractivity contribution in [3.8, 4) is 0 Å². The third-order valence-electron chi connectivity index (χ3n) is 7.60. The van der Waals surface area contributed by atoms with Crippen molar-refractivity contribution in [2.24, 2.45) is 0 Å². The van der Waals surface area contributed by atoms with Crippen LogP contribution in [0.25, 0.3) is 0 Å². The predicted molar refractivity (Wildman–Crippen MR) is 133 cm³/mol. The van der Waals surface area contributed by atoms with Crippen LogP contribution in [-0.2, 0) is 38.0 Å². The molecule has 0 saturated carbocycles. The molecule has 0 aromatic heterocycles. The maximum Gasteiger partial charge on any atom is 0.364 e. The number of aliphatic carboxylic acids is 1. The third kappa shape index (κ3) is 7.77. The monoisotopic (exact) mass is 631 g/mol. The minimum absolute atomic E-state index is 0.121. The molecule has 0 radical (unpaired) electrons. The van der Waals surface area contributed by atoms with Crippen LogP contribution >= 0.6 is 0 Å². The highest BCUT2D eigenvalue weighted by molar-refractivity contribution is 5.76. The average molecular weight is 632 g/mol. The van der Waals surface area contributed by atoms with Crippen LogP contribution in [0.15, 0.2) is 0 Å². The summed E-state index contributed by atoms with van der Waals surface area (Å²) in [5.74, 6) is -5.59. The van der Waals surface area contributed by atoms with E-state index in [9.17, 15) is 60.7 Å². The van der Waals surface area contributed by atoms with E-state index in [0.29, 0.717) is 0 Å². The second kappa shape index (κ2) is 15.1. The van der Waals surface area contributed by atoms with Crippen LogP contribution in [0.3, 0.4) is 0 Å². The van der Waals surface area contributed by atoms with Crippen molar-refractivity contribution in [1.29, 1.82) is 0 Å². The maximum atomic E-state index is 12.6. The molecule has 19 nitrogen and oxygen atoms in total. The Hall–Kier alpha value is -1.66. The maximum absolute atomic E-state index is 12.6. The summed E-state index contributed by atoms with van der Waals surface area (Å²) in [5.41, 5.74) is 0. The predicted octanol–water partition coefficient (Wildman–Crippen LogP) is -6.54. The molecule has 0 aromatic carbocycles. The smallest absolute Gasteiger partial charge is 0.364 e. The van der Waals surface area contributed by atoms with E-state index < -0.39 is 130 Å². The lowest BCUT2D eigenvalue weighted by Crippen LogP contribution is -2.70. The Kier molecular flexibility index (Phi) is 12.6. The van der Waals surface area contributed by atoms with E-state index in [1.54, 1.807) is 0 Å². The number of hydrogen-bond donors (Lipinski definition) is 11. The highest BCUT2D eigenvalue weighted by Gasteiger charge is 2.59. The molecule has 0 unspecified atom stereocenters. The van der Waals surface area contributed by atoms with E-state index in [2.05, 4.69) is 5.32 Å². The molecule has 3 aliphatic rings. The van der Waals surface area contributed by atoms with Gasteiger partial charge in [-0.3, -0.25) is 4.79 Å². The van der Waals surface area contributed by atoms with Crippen molar-refractivity contribution in [3.05, 3.63) is 0 Å². The molecule has 0 bridgehead atoms. The van der Waals surface area contributed by atoms with Gasteiger partial charge < -0.3 is 84.8 Å². The fourth-order valence-electron chi connectivity index (χ4n) is 5.28. The van der Waals surface area contributed by atoms with Gasteiger partial charge in [0.05, 0.1) is 38.1 Å². The van der Waals surface area contributed by atoms with Crippen molar-refractivity contribution in [1.82, 2.24) is 5.32 Å². The summed E-state index contributed by atoms with van der Waals surface area (Å²) < 4.78 is 32.8. The first-order valence-corrected chi connectivity index (χ1v) is 13.5. The summed E-state index contributed by atoms with van der Waals surface area (Å²) in [6.45, 7) is -1.47. The second-order valence-electron chi connectivity index (χ2n) is 10.6. The summed E-state index contributed by atoms with van der Waals surface area (Å²) in [5, 5.41) is 105. The average Bonchev–Trinajstić information content (AvgIpc) is 2.97. The van der Waals surface area contributed by atoms with Gasteiger partial charge in [0.25, 0.3) is 5.79 Å². The van der Waals surface area contributed by atoms with Crippen molar-refractivity contribution in [3.63, 3.8) is 0 Å². The van der Waals surface area contributed by atoms with Gasteiger partial charge in [-0.15, -0.1) is 0 Å². The number of nitrogens with one attached hydrogen (secondary N) is 1. The standard InChI is InChI=1S/C24H41NO18/c1-8(29)25-15-9(30)4-24(23(36)37,42-20(15)16(32)10(31)5-26)43-21-18(34)13(7-28)41-22(19(21)35)40-11-3-14(38-2)39-12(6-27)17(11)33/h9-22,26-28,30-35H,3-7H2,1-2H3,(H,25,29)(H,36,37)/t9-,10+,11+,12+,13+,14-,15+,16+,17+,18-,19+,20+,21-,22+,24-/m0/s1. The molecule has 3 saturated heterocycles. The molecule has 0 spiro atoms. The Bertz CT molecular complexity index is 929. The van der Waals surface area contributed by atoms with Gasteiger partial charge in [-0.2, -0.15) is 0 Å². The summed E-state index contributed by atoms with van der Waals surface area (Å²) in [6.07, 6.45) is -22.8. The molecule has 0 aromatic rings. The summed E-state index contributed by atoms with van der Waals surface area (Å²) >= 11 is 0. The molecule has 250 valence electrons. The Morgan fingerprint density at radius 3 is 2.16 bits per heavy atom. The number of carboxylic acids is 1. The van der Waals surface area contributed by atoms with Crippen LogP contribution in [0.2, 0.25) is 0 Å². The highest BCUT2D eigenvalue weighted by Crippen LogP contribution is 2.38. The number of carbonyl (C=O) groups is 2. The quantitative estimate of drug-likeness (QED) is 0.0953. The van der Waals surface area contributed by atoms with Crippen LogP contribution in [0.4, 0.5) is 0 Å². The SMILES string of the molecule is CO[C@@H]1C[C@@H](O[C@@H]2O[C@H](CO)[C@H](O)[C@H](O[C@]3(C(=O)O)C[C@H](O)[C@@H](NC(C)=O)[C@H]([C@H](O)[C@H](O)CO)O3)[C@H]2O)[C@@H](O)[C@@H](CO)O1. The first kappa shape index (κ1) is 35.8. The fourth-order valence-corrected chi connectivity index (χ4v) is 5.28. The molecule has 1 amide bonds. The molecule has 11 N–H and O–H groups in total. The van der Waals surface area contributed by atoms with Gasteiger partial charge in [-0.05, 0) is 0 Å². The molecule has 19 heteroatoms. The lowest BCUT2D eigenvalue weighted by molar-refractivity contribution is -0.379. The number of aliphatic hydroxyl groups excluding tert-OH is 9. The van der Waals surface area contributed by atoms with E-state index in [0.717, 1.165) is 6.92 Å². The molecule has 43 heavy (non-hydrogen) atoms. The van der Waals surface area contributed by atoms with E-state index in [1.165, 1.54) is 7.11 Å². The number of aliphatic hydroxyl groups is 9. The van der Waals surface area contributed by atoms with Gasteiger partial charge in [0, 0.05) is 26.9 Å². The van der Waals surface area contributed by atoms with Crippen molar-refractivity contribution < 1.29 is 89.1 Å². The van der Waals surface area contributed by atoms with Crippen LogP contribution in [0, 0.1) is 0 Å². The summed E-state index contributed by atoms with van der Waals surface area (Å²) in [6, 6.07) is -1.50. The van der Waals surface area contributed by atoms with Crippen molar-refractivity contribution >= 4 is 11.9 Å². The van der Waals surface area contributed by atoms with E-state index in [-0.39, 0.29) is 6.42 Å². The van der Waals surface area contributed by atoms with Crippen LogP contribution in [0.1, 0.15) is 19.8 Å². The molecule has 3 rings (SSSR count). The molecule has 15 atom stereocenters. The highest BCUT2D eigenvalue weighted by atomic mass is 16.8. The molecular formula is C24H41NO18. The topological polar surface area (TPSA) is 304 Å². The number of carboxylic acid groups (broad SMARTS) is 1.